The molecule has 1 unspecified atom stereocenters. The maximum Gasteiger partial charge on any atom is 0.234 e. The Morgan fingerprint density at radius 1 is 0.895 bits per heavy atom. The van der Waals surface area contributed by atoms with Crippen molar-refractivity contribution in [2.75, 3.05) is 51.3 Å². The van der Waals surface area contributed by atoms with Crippen molar-refractivity contribution in [3.63, 3.8) is 0 Å². The number of ether oxygens (including phenoxy) is 1. The largest absolute Gasteiger partial charge is 0.496 e. The topological polar surface area (TPSA) is 65.1 Å². The number of amides is 2. The van der Waals surface area contributed by atoms with E-state index in [4.69, 9.17) is 4.74 Å². The van der Waals surface area contributed by atoms with Gasteiger partial charge < -0.3 is 19.9 Å². The minimum Gasteiger partial charge on any atom is -0.496 e. The molecule has 1 aliphatic heterocycles. The number of para-hydroxylation sites is 2. The van der Waals surface area contributed by atoms with Gasteiger partial charge in [0.25, 0.3) is 0 Å². The molecule has 38 heavy (non-hydrogen) atoms. The molecule has 1 saturated heterocycles. The van der Waals surface area contributed by atoms with Gasteiger partial charge in [-0.2, -0.15) is 0 Å². The van der Waals surface area contributed by atoms with E-state index in [9.17, 15) is 9.59 Å². The van der Waals surface area contributed by atoms with Gasteiger partial charge in [-0.1, -0.05) is 66.7 Å². The molecular weight excluding hydrogens is 476 g/mol. The zero-order valence-electron chi connectivity index (χ0n) is 22.4. The van der Waals surface area contributed by atoms with Crippen LogP contribution >= 0.6 is 0 Å². The van der Waals surface area contributed by atoms with Crippen LogP contribution in [-0.2, 0) is 22.6 Å². The van der Waals surface area contributed by atoms with Crippen molar-refractivity contribution in [2.24, 2.45) is 0 Å². The average Bonchev–Trinajstić information content (AvgIpc) is 2.94. The monoisotopic (exact) mass is 514 g/mol. The molecule has 2 amide bonds. The quantitative estimate of drug-likeness (QED) is 0.424. The Hall–Kier alpha value is -3.84. The van der Waals surface area contributed by atoms with Crippen molar-refractivity contribution < 1.29 is 14.3 Å². The summed E-state index contributed by atoms with van der Waals surface area (Å²) in [7, 11) is 1.63. The summed E-state index contributed by atoms with van der Waals surface area (Å²) >= 11 is 0. The number of hydrogen-bond donors (Lipinski definition) is 1. The highest BCUT2D eigenvalue weighted by atomic mass is 16.5. The number of nitrogens with one attached hydrogen (secondary N) is 1. The smallest absolute Gasteiger partial charge is 0.234 e. The molecule has 1 atom stereocenters. The fourth-order valence-electron chi connectivity index (χ4n) is 4.95. The van der Waals surface area contributed by atoms with Crippen LogP contribution in [0.2, 0.25) is 0 Å². The predicted molar refractivity (Wildman–Crippen MR) is 151 cm³/mol. The van der Waals surface area contributed by atoms with Crippen LogP contribution in [0.3, 0.4) is 0 Å². The van der Waals surface area contributed by atoms with Crippen LogP contribution < -0.4 is 15.0 Å². The normalized spacial score (nSPS) is 14.5. The van der Waals surface area contributed by atoms with E-state index in [1.807, 2.05) is 48.5 Å². The van der Waals surface area contributed by atoms with Crippen LogP contribution in [0.5, 0.6) is 5.75 Å². The number of methoxy groups -OCH3 is 1. The minimum atomic E-state index is -0.214. The molecule has 1 fully saturated rings. The minimum absolute atomic E-state index is 0.0140. The third-order valence-electron chi connectivity index (χ3n) is 6.99. The van der Waals surface area contributed by atoms with Gasteiger partial charge in [0.1, 0.15) is 5.75 Å². The molecule has 7 heteroatoms. The van der Waals surface area contributed by atoms with Gasteiger partial charge in [-0.25, -0.2) is 0 Å². The Kier molecular flexibility index (Phi) is 9.76. The van der Waals surface area contributed by atoms with Crippen molar-refractivity contribution in [3.8, 4) is 5.75 Å². The molecule has 3 aromatic carbocycles. The molecule has 0 saturated carbocycles. The SMILES string of the molecule is COc1ccccc1CN(CC(Cc1ccccc1)NC(=O)CN1CCN(c2ccccc2)CC1)C(C)=O. The highest BCUT2D eigenvalue weighted by molar-refractivity contribution is 5.78. The predicted octanol–water partition coefficient (Wildman–Crippen LogP) is 3.59. The summed E-state index contributed by atoms with van der Waals surface area (Å²) in [6.45, 7) is 6.20. The standard InChI is InChI=1S/C31H38N4O3/c1-25(36)35(22-27-13-9-10-16-30(27)38-2)23-28(21-26-11-5-3-6-12-26)32-31(37)24-33-17-19-34(20-18-33)29-14-7-4-8-15-29/h3-16,28H,17-24H2,1-2H3,(H,32,37). The Balaban J connectivity index is 1.39. The molecule has 0 spiro atoms. The maximum atomic E-state index is 13.2. The molecule has 0 aromatic heterocycles. The molecule has 200 valence electrons. The van der Waals surface area contributed by atoms with E-state index in [-0.39, 0.29) is 17.9 Å². The zero-order chi connectivity index (χ0) is 26.7. The lowest BCUT2D eigenvalue weighted by atomic mass is 10.0. The Labute approximate surface area is 226 Å². The van der Waals surface area contributed by atoms with Crippen molar-refractivity contribution >= 4 is 17.5 Å². The summed E-state index contributed by atoms with van der Waals surface area (Å²) in [6.07, 6.45) is 0.643. The molecule has 7 nitrogen and oxygen atoms in total. The summed E-state index contributed by atoms with van der Waals surface area (Å²) in [5.74, 6) is 0.692. The first-order chi connectivity index (χ1) is 18.5. The van der Waals surface area contributed by atoms with Gasteiger partial charge >= 0.3 is 0 Å². The Bertz CT molecular complexity index is 1160. The summed E-state index contributed by atoms with van der Waals surface area (Å²) in [4.78, 5) is 32.2. The molecule has 0 radical (unpaired) electrons. The summed E-state index contributed by atoms with van der Waals surface area (Å²) in [5.41, 5.74) is 3.28. The highest BCUT2D eigenvalue weighted by Crippen LogP contribution is 2.20. The zero-order valence-corrected chi connectivity index (χ0v) is 22.4. The molecular formula is C31H38N4O3. The van der Waals surface area contributed by atoms with E-state index in [1.165, 1.54) is 5.69 Å². The third-order valence-corrected chi connectivity index (χ3v) is 6.99. The number of hydrogen-bond acceptors (Lipinski definition) is 5. The first kappa shape index (κ1) is 27.2. The number of nitrogens with zero attached hydrogens (tertiary/aromatic N) is 3. The van der Waals surface area contributed by atoms with E-state index in [2.05, 4.69) is 51.5 Å². The van der Waals surface area contributed by atoms with Crippen molar-refractivity contribution in [1.29, 1.82) is 0 Å². The second-order valence-electron chi connectivity index (χ2n) is 9.76. The van der Waals surface area contributed by atoms with Crippen LogP contribution in [0.15, 0.2) is 84.9 Å². The number of rotatable bonds is 11. The number of carbonyl (C=O) groups excluding carboxylic acids is 2. The van der Waals surface area contributed by atoms with E-state index in [1.54, 1.807) is 18.9 Å². The lowest BCUT2D eigenvalue weighted by Gasteiger charge is -2.36. The van der Waals surface area contributed by atoms with Gasteiger partial charge in [0.2, 0.25) is 11.8 Å². The van der Waals surface area contributed by atoms with Gasteiger partial charge in [0.05, 0.1) is 19.7 Å². The molecule has 1 N–H and O–H groups in total. The molecule has 1 aliphatic rings. The number of piperazine rings is 1. The van der Waals surface area contributed by atoms with Crippen LogP contribution in [0, 0.1) is 0 Å². The lowest BCUT2D eigenvalue weighted by molar-refractivity contribution is -0.131. The van der Waals surface area contributed by atoms with Crippen molar-refractivity contribution in [1.82, 2.24) is 15.1 Å². The molecule has 1 heterocycles. The first-order valence-corrected chi connectivity index (χ1v) is 13.2. The molecule has 0 bridgehead atoms. The van der Waals surface area contributed by atoms with Crippen LogP contribution in [0.4, 0.5) is 5.69 Å². The molecule has 3 aromatic rings. The van der Waals surface area contributed by atoms with Crippen LogP contribution in [-0.4, -0.2) is 74.0 Å². The summed E-state index contributed by atoms with van der Waals surface area (Å²) < 4.78 is 5.49. The first-order valence-electron chi connectivity index (χ1n) is 13.2. The Morgan fingerprint density at radius 2 is 1.53 bits per heavy atom. The third kappa shape index (κ3) is 7.83. The van der Waals surface area contributed by atoms with Gasteiger partial charge in [-0.3, -0.25) is 14.5 Å². The van der Waals surface area contributed by atoms with Gasteiger partial charge in [-0.05, 0) is 30.2 Å². The van der Waals surface area contributed by atoms with Gasteiger partial charge in [-0.15, -0.1) is 0 Å². The van der Waals surface area contributed by atoms with E-state index in [0.717, 1.165) is 43.1 Å². The van der Waals surface area contributed by atoms with Crippen LogP contribution in [0.1, 0.15) is 18.1 Å². The number of benzene rings is 3. The Morgan fingerprint density at radius 3 is 2.18 bits per heavy atom. The van der Waals surface area contributed by atoms with E-state index in [0.29, 0.717) is 26.1 Å². The number of carbonyl (C=O) groups is 2. The van der Waals surface area contributed by atoms with Crippen molar-refractivity contribution in [3.05, 3.63) is 96.1 Å². The van der Waals surface area contributed by atoms with Crippen LogP contribution in [0.25, 0.3) is 0 Å². The second-order valence-corrected chi connectivity index (χ2v) is 9.76. The second kappa shape index (κ2) is 13.6. The van der Waals surface area contributed by atoms with E-state index < -0.39 is 0 Å². The van der Waals surface area contributed by atoms with Crippen molar-refractivity contribution in [2.45, 2.75) is 25.9 Å². The van der Waals surface area contributed by atoms with E-state index >= 15 is 0 Å². The molecule has 0 aliphatic carbocycles. The lowest BCUT2D eigenvalue weighted by Crippen LogP contribution is -2.52. The summed E-state index contributed by atoms with van der Waals surface area (Å²) in [5, 5.41) is 3.24. The highest BCUT2D eigenvalue weighted by Gasteiger charge is 2.23. The fourth-order valence-corrected chi connectivity index (χ4v) is 4.95. The van der Waals surface area contributed by atoms with Gasteiger partial charge in [0.15, 0.2) is 0 Å². The summed E-state index contributed by atoms with van der Waals surface area (Å²) in [6, 6.07) is 28.0. The average molecular weight is 515 g/mol. The maximum absolute atomic E-state index is 13.2. The fraction of sp³-hybridized carbons (Fsp3) is 0.355. The van der Waals surface area contributed by atoms with Gasteiger partial charge in [0, 0.05) is 57.4 Å². The number of anilines is 1. The molecule has 4 rings (SSSR count).